The predicted octanol–water partition coefficient (Wildman–Crippen LogP) is 3.43. The molecule has 3 heteroatoms. The van der Waals surface area contributed by atoms with Crippen LogP contribution in [0.5, 0.6) is 0 Å². The molecule has 0 amide bonds. The van der Waals surface area contributed by atoms with E-state index in [1.54, 1.807) is 0 Å². The number of nitrogens with zero attached hydrogens (tertiary/aromatic N) is 1. The summed E-state index contributed by atoms with van der Waals surface area (Å²) < 4.78 is 0. The van der Waals surface area contributed by atoms with E-state index in [0.29, 0.717) is 0 Å². The first-order valence-electron chi connectivity index (χ1n) is 7.01. The highest BCUT2D eigenvalue weighted by Crippen LogP contribution is 2.41. The van der Waals surface area contributed by atoms with Crippen LogP contribution < -0.4 is 5.32 Å². The largest absolute Gasteiger partial charge is 0.371 e. The van der Waals surface area contributed by atoms with Gasteiger partial charge in [-0.15, -0.1) is 11.8 Å². The molecule has 0 aromatic heterocycles. The summed E-state index contributed by atoms with van der Waals surface area (Å²) in [6, 6.07) is 17.5. The van der Waals surface area contributed by atoms with Crippen molar-refractivity contribution in [3.63, 3.8) is 0 Å². The monoisotopic (exact) mass is 280 g/mol. The lowest BCUT2D eigenvalue weighted by Crippen LogP contribution is -2.27. The normalized spacial score (nSPS) is 20.4. The van der Waals surface area contributed by atoms with Crippen molar-refractivity contribution in [1.29, 1.82) is 0 Å². The topological polar surface area (TPSA) is 24.4 Å². The fourth-order valence-corrected chi connectivity index (χ4v) is 4.13. The Hall–Kier alpha value is -1.74. The van der Waals surface area contributed by atoms with E-state index in [2.05, 4.69) is 53.8 Å². The number of amidine groups is 1. The Morgan fingerprint density at radius 2 is 1.80 bits per heavy atom. The zero-order chi connectivity index (χ0) is 13.4. The summed E-state index contributed by atoms with van der Waals surface area (Å²) in [4.78, 5) is 6.07. The van der Waals surface area contributed by atoms with E-state index in [0.717, 1.165) is 24.7 Å². The van der Waals surface area contributed by atoms with Crippen LogP contribution >= 0.6 is 11.8 Å². The second-order valence-corrected chi connectivity index (χ2v) is 6.17. The number of benzene rings is 2. The quantitative estimate of drug-likeness (QED) is 0.865. The van der Waals surface area contributed by atoms with Gasteiger partial charge in [0.25, 0.3) is 0 Å². The van der Waals surface area contributed by atoms with Crippen LogP contribution in [-0.2, 0) is 5.75 Å². The van der Waals surface area contributed by atoms with E-state index in [4.69, 9.17) is 4.99 Å². The lowest BCUT2D eigenvalue weighted by molar-refractivity contribution is 0.926. The third kappa shape index (κ3) is 1.93. The highest BCUT2D eigenvalue weighted by atomic mass is 32.2. The molecule has 2 heterocycles. The Morgan fingerprint density at radius 1 is 1.00 bits per heavy atom. The molecule has 2 aromatic rings. The van der Waals surface area contributed by atoms with Gasteiger partial charge in [0.2, 0.25) is 0 Å². The van der Waals surface area contributed by atoms with E-state index in [1.165, 1.54) is 21.6 Å². The zero-order valence-electron chi connectivity index (χ0n) is 11.2. The molecule has 0 fully saturated rings. The molecule has 0 bridgehead atoms. The third-order valence-corrected chi connectivity index (χ3v) is 5.09. The molecular weight excluding hydrogens is 264 g/mol. The van der Waals surface area contributed by atoms with Gasteiger partial charge in [0.1, 0.15) is 5.84 Å². The summed E-state index contributed by atoms with van der Waals surface area (Å²) in [5.74, 6) is 2.43. The fraction of sp³-hybridized carbons (Fsp3) is 0.235. The molecular formula is C17H16N2S. The SMILES string of the molecule is c1ccc2c(c1)CSc1ccccc1[C@H]2C1=NCCN1. The van der Waals surface area contributed by atoms with Crippen molar-refractivity contribution in [3.05, 3.63) is 65.2 Å². The van der Waals surface area contributed by atoms with Gasteiger partial charge in [0, 0.05) is 17.2 Å². The number of thioether (sulfide) groups is 1. The third-order valence-electron chi connectivity index (χ3n) is 3.95. The van der Waals surface area contributed by atoms with Crippen molar-refractivity contribution < 1.29 is 0 Å². The summed E-state index contributed by atoms with van der Waals surface area (Å²) in [6.07, 6.45) is 0. The maximum Gasteiger partial charge on any atom is 0.109 e. The van der Waals surface area contributed by atoms with Crippen LogP contribution in [0.15, 0.2) is 58.4 Å². The van der Waals surface area contributed by atoms with Crippen molar-refractivity contribution >= 4 is 17.6 Å². The van der Waals surface area contributed by atoms with Crippen molar-refractivity contribution in [2.45, 2.75) is 16.6 Å². The van der Waals surface area contributed by atoms with Gasteiger partial charge >= 0.3 is 0 Å². The van der Waals surface area contributed by atoms with Gasteiger partial charge in [0.05, 0.1) is 12.5 Å². The Kier molecular flexibility index (Phi) is 3.00. The fourth-order valence-electron chi connectivity index (χ4n) is 3.02. The molecule has 0 unspecified atom stereocenters. The second-order valence-electron chi connectivity index (χ2n) is 5.15. The lowest BCUT2D eigenvalue weighted by Gasteiger charge is -2.20. The Labute approximate surface area is 123 Å². The van der Waals surface area contributed by atoms with Crippen molar-refractivity contribution in [3.8, 4) is 0 Å². The first-order valence-corrected chi connectivity index (χ1v) is 8.00. The molecule has 0 spiro atoms. The van der Waals surface area contributed by atoms with Crippen LogP contribution in [0.4, 0.5) is 0 Å². The Balaban J connectivity index is 1.94. The minimum Gasteiger partial charge on any atom is -0.371 e. The molecule has 0 saturated carbocycles. The van der Waals surface area contributed by atoms with Crippen molar-refractivity contribution in [2.24, 2.45) is 4.99 Å². The minimum atomic E-state index is 0.264. The van der Waals surface area contributed by atoms with E-state index < -0.39 is 0 Å². The molecule has 2 aliphatic rings. The molecule has 0 saturated heterocycles. The van der Waals surface area contributed by atoms with Gasteiger partial charge in [-0.2, -0.15) is 0 Å². The molecule has 100 valence electrons. The lowest BCUT2D eigenvalue weighted by atomic mass is 9.87. The molecule has 4 rings (SSSR count). The van der Waals surface area contributed by atoms with E-state index in [1.807, 2.05) is 11.8 Å². The second kappa shape index (κ2) is 4.98. The van der Waals surface area contributed by atoms with Crippen LogP contribution in [0.3, 0.4) is 0 Å². The first-order chi connectivity index (χ1) is 9.93. The summed E-state index contributed by atoms with van der Waals surface area (Å²) in [6.45, 7) is 1.85. The first kappa shape index (κ1) is 12.0. The predicted molar refractivity (Wildman–Crippen MR) is 84.6 cm³/mol. The molecule has 2 nitrogen and oxygen atoms in total. The van der Waals surface area contributed by atoms with Gasteiger partial charge in [-0.1, -0.05) is 42.5 Å². The molecule has 1 atom stereocenters. The summed E-state index contributed by atoms with van der Waals surface area (Å²) in [7, 11) is 0. The maximum absolute atomic E-state index is 4.70. The Morgan fingerprint density at radius 3 is 2.65 bits per heavy atom. The standard InChI is InChI=1S/C17H16N2S/c1-2-6-13-12(5-1)11-20-15-8-4-3-7-14(15)16(13)17-18-9-10-19-17/h1-8,16H,9-11H2,(H,18,19)/t16-/m0/s1. The number of fused-ring (bicyclic) bond motifs is 2. The van der Waals surface area contributed by atoms with E-state index >= 15 is 0 Å². The van der Waals surface area contributed by atoms with Gasteiger partial charge in [-0.25, -0.2) is 0 Å². The number of nitrogens with one attached hydrogen (secondary N) is 1. The van der Waals surface area contributed by atoms with Crippen LogP contribution in [0, 0.1) is 0 Å². The maximum atomic E-state index is 4.70. The van der Waals surface area contributed by atoms with Gasteiger partial charge in [-0.3, -0.25) is 4.99 Å². The molecule has 0 aliphatic carbocycles. The number of hydrogen-bond donors (Lipinski definition) is 1. The van der Waals surface area contributed by atoms with Crippen LogP contribution in [0.2, 0.25) is 0 Å². The zero-order valence-corrected chi connectivity index (χ0v) is 12.0. The van der Waals surface area contributed by atoms with Crippen molar-refractivity contribution in [1.82, 2.24) is 5.32 Å². The Bertz CT molecular complexity index is 631. The van der Waals surface area contributed by atoms with Crippen molar-refractivity contribution in [2.75, 3.05) is 13.1 Å². The van der Waals surface area contributed by atoms with Gasteiger partial charge < -0.3 is 5.32 Å². The summed E-state index contributed by atoms with van der Waals surface area (Å²) in [5.41, 5.74) is 4.21. The summed E-state index contributed by atoms with van der Waals surface area (Å²) >= 11 is 1.93. The van der Waals surface area contributed by atoms with E-state index in [9.17, 15) is 0 Å². The van der Waals surface area contributed by atoms with Crippen LogP contribution in [0.25, 0.3) is 0 Å². The van der Waals surface area contributed by atoms with Crippen LogP contribution in [-0.4, -0.2) is 18.9 Å². The average Bonchev–Trinajstić information content (AvgIpc) is 2.96. The molecule has 2 aromatic carbocycles. The number of aliphatic imine (C=N–C) groups is 1. The molecule has 0 radical (unpaired) electrons. The van der Waals surface area contributed by atoms with Gasteiger partial charge in [0.15, 0.2) is 0 Å². The highest BCUT2D eigenvalue weighted by Gasteiger charge is 2.28. The van der Waals surface area contributed by atoms with E-state index in [-0.39, 0.29) is 5.92 Å². The average molecular weight is 280 g/mol. The highest BCUT2D eigenvalue weighted by molar-refractivity contribution is 7.98. The number of rotatable bonds is 1. The summed E-state index contributed by atoms with van der Waals surface area (Å²) in [5, 5.41) is 3.48. The molecule has 20 heavy (non-hydrogen) atoms. The minimum absolute atomic E-state index is 0.264. The molecule has 2 aliphatic heterocycles. The molecule has 1 N–H and O–H groups in total. The van der Waals surface area contributed by atoms with Crippen LogP contribution in [0.1, 0.15) is 22.6 Å². The smallest absolute Gasteiger partial charge is 0.109 e. The van der Waals surface area contributed by atoms with Gasteiger partial charge in [-0.05, 0) is 22.8 Å². The number of hydrogen-bond acceptors (Lipinski definition) is 3.